The summed E-state index contributed by atoms with van der Waals surface area (Å²) < 4.78 is 0. The summed E-state index contributed by atoms with van der Waals surface area (Å²) >= 11 is 0. The highest BCUT2D eigenvalue weighted by Gasteiger charge is 2.23. The van der Waals surface area contributed by atoms with E-state index >= 15 is 0 Å². The number of rotatable bonds is 3. The molecular weight excluding hydrogens is 214 g/mol. The SMILES string of the molecule is CC(C)[C@H](N)C(=O)N(C)c1ccccc1C#N. The van der Waals surface area contributed by atoms with Gasteiger partial charge in [0.1, 0.15) is 6.07 Å². The van der Waals surface area contributed by atoms with E-state index in [9.17, 15) is 4.79 Å². The van der Waals surface area contributed by atoms with E-state index in [2.05, 4.69) is 6.07 Å². The number of carbonyl (C=O) groups is 1. The van der Waals surface area contributed by atoms with Gasteiger partial charge < -0.3 is 10.6 Å². The number of likely N-dealkylation sites (N-methyl/N-ethyl adjacent to an activating group) is 1. The number of carbonyl (C=O) groups excluding carboxylic acids is 1. The minimum absolute atomic E-state index is 0.0687. The molecule has 1 atom stereocenters. The van der Waals surface area contributed by atoms with Crippen LogP contribution >= 0.6 is 0 Å². The third-order valence-electron chi connectivity index (χ3n) is 2.72. The zero-order valence-electron chi connectivity index (χ0n) is 10.3. The number of anilines is 1. The van der Waals surface area contributed by atoms with Gasteiger partial charge in [-0.1, -0.05) is 26.0 Å². The number of nitrogens with zero attached hydrogens (tertiary/aromatic N) is 2. The number of hydrogen-bond acceptors (Lipinski definition) is 3. The predicted octanol–water partition coefficient (Wildman–Crippen LogP) is 1.50. The summed E-state index contributed by atoms with van der Waals surface area (Å²) in [6.07, 6.45) is 0. The topological polar surface area (TPSA) is 70.1 Å². The van der Waals surface area contributed by atoms with Crippen molar-refractivity contribution in [1.82, 2.24) is 0 Å². The molecule has 0 bridgehead atoms. The average Bonchev–Trinajstić information content (AvgIpc) is 2.35. The lowest BCUT2D eigenvalue weighted by atomic mass is 10.0. The summed E-state index contributed by atoms with van der Waals surface area (Å²) in [6.45, 7) is 3.79. The van der Waals surface area contributed by atoms with E-state index in [0.717, 1.165) is 0 Å². The molecule has 2 N–H and O–H groups in total. The molecule has 0 heterocycles. The van der Waals surface area contributed by atoms with E-state index < -0.39 is 6.04 Å². The summed E-state index contributed by atoms with van der Waals surface area (Å²) in [6, 6.07) is 8.49. The monoisotopic (exact) mass is 231 g/mol. The van der Waals surface area contributed by atoms with Crippen LogP contribution in [-0.4, -0.2) is 19.0 Å². The van der Waals surface area contributed by atoms with Crippen LogP contribution in [0.25, 0.3) is 0 Å². The lowest BCUT2D eigenvalue weighted by molar-refractivity contribution is -0.120. The number of amides is 1. The van der Waals surface area contributed by atoms with Crippen LogP contribution in [0.15, 0.2) is 24.3 Å². The summed E-state index contributed by atoms with van der Waals surface area (Å²) in [5.74, 6) is -0.109. The molecule has 0 unspecified atom stereocenters. The minimum Gasteiger partial charge on any atom is -0.320 e. The van der Waals surface area contributed by atoms with Crippen molar-refractivity contribution in [2.75, 3.05) is 11.9 Å². The zero-order valence-corrected chi connectivity index (χ0v) is 10.3. The van der Waals surface area contributed by atoms with Crippen molar-refractivity contribution in [2.45, 2.75) is 19.9 Å². The Bertz CT molecular complexity index is 448. The molecule has 1 rings (SSSR count). The fourth-order valence-electron chi connectivity index (χ4n) is 1.49. The van der Waals surface area contributed by atoms with Crippen LogP contribution in [0.2, 0.25) is 0 Å². The Morgan fingerprint density at radius 3 is 2.53 bits per heavy atom. The van der Waals surface area contributed by atoms with Gasteiger partial charge in [0.05, 0.1) is 17.3 Å². The molecule has 0 fully saturated rings. The van der Waals surface area contributed by atoms with Crippen molar-refractivity contribution in [3.05, 3.63) is 29.8 Å². The summed E-state index contributed by atoms with van der Waals surface area (Å²) in [4.78, 5) is 13.5. The zero-order chi connectivity index (χ0) is 13.0. The van der Waals surface area contributed by atoms with Crippen LogP contribution in [0, 0.1) is 17.2 Å². The quantitative estimate of drug-likeness (QED) is 0.857. The van der Waals surface area contributed by atoms with Gasteiger partial charge in [0.25, 0.3) is 0 Å². The normalized spacial score (nSPS) is 12.0. The molecule has 17 heavy (non-hydrogen) atoms. The van der Waals surface area contributed by atoms with Crippen LogP contribution in [0.3, 0.4) is 0 Å². The number of benzene rings is 1. The Balaban J connectivity index is 3.01. The maximum Gasteiger partial charge on any atom is 0.243 e. The Morgan fingerprint density at radius 2 is 2.00 bits per heavy atom. The molecule has 0 aromatic heterocycles. The second-order valence-electron chi connectivity index (χ2n) is 4.30. The molecule has 1 aromatic carbocycles. The van der Waals surface area contributed by atoms with E-state index in [0.29, 0.717) is 11.3 Å². The van der Waals surface area contributed by atoms with E-state index in [1.807, 2.05) is 13.8 Å². The summed E-state index contributed by atoms with van der Waals surface area (Å²) in [5, 5.41) is 8.98. The molecule has 1 amide bonds. The van der Waals surface area contributed by atoms with Gasteiger partial charge in [-0.3, -0.25) is 4.79 Å². The summed E-state index contributed by atoms with van der Waals surface area (Å²) in [7, 11) is 1.64. The largest absolute Gasteiger partial charge is 0.320 e. The Morgan fingerprint density at radius 1 is 1.41 bits per heavy atom. The van der Waals surface area contributed by atoms with Gasteiger partial charge in [0.2, 0.25) is 5.91 Å². The van der Waals surface area contributed by atoms with Crippen LogP contribution in [0.4, 0.5) is 5.69 Å². The van der Waals surface area contributed by atoms with Crippen molar-refractivity contribution in [2.24, 2.45) is 11.7 Å². The Labute approximate surface area is 102 Å². The molecule has 0 saturated heterocycles. The molecule has 90 valence electrons. The van der Waals surface area contributed by atoms with Crippen LogP contribution in [0.5, 0.6) is 0 Å². The van der Waals surface area contributed by atoms with Crippen LogP contribution in [-0.2, 0) is 4.79 Å². The lowest BCUT2D eigenvalue weighted by Crippen LogP contribution is -2.45. The number of hydrogen-bond donors (Lipinski definition) is 1. The van der Waals surface area contributed by atoms with Crippen molar-refractivity contribution in [1.29, 1.82) is 5.26 Å². The molecule has 1 aromatic rings. The Kier molecular flexibility index (Phi) is 4.24. The molecule has 0 spiro atoms. The highest BCUT2D eigenvalue weighted by molar-refractivity contribution is 5.97. The average molecular weight is 231 g/mol. The van der Waals surface area contributed by atoms with E-state index in [1.54, 1.807) is 31.3 Å². The standard InChI is InChI=1S/C13H17N3O/c1-9(2)12(15)13(17)16(3)11-7-5-4-6-10(11)8-14/h4-7,9,12H,15H2,1-3H3/t12-/m0/s1. The van der Waals surface area contributed by atoms with Gasteiger partial charge in [-0.2, -0.15) is 5.26 Å². The first-order valence-corrected chi connectivity index (χ1v) is 5.51. The highest BCUT2D eigenvalue weighted by atomic mass is 16.2. The van der Waals surface area contributed by atoms with Gasteiger partial charge in [0.15, 0.2) is 0 Å². The first kappa shape index (κ1) is 13.2. The van der Waals surface area contributed by atoms with Gasteiger partial charge in [0, 0.05) is 7.05 Å². The predicted molar refractivity (Wildman–Crippen MR) is 67.4 cm³/mol. The van der Waals surface area contributed by atoms with E-state index in [1.165, 1.54) is 4.90 Å². The number of para-hydroxylation sites is 1. The van der Waals surface area contributed by atoms with Gasteiger partial charge in [-0.15, -0.1) is 0 Å². The maximum absolute atomic E-state index is 12.0. The highest BCUT2D eigenvalue weighted by Crippen LogP contribution is 2.19. The smallest absolute Gasteiger partial charge is 0.243 e. The molecule has 0 aliphatic carbocycles. The Hall–Kier alpha value is -1.86. The first-order valence-electron chi connectivity index (χ1n) is 5.51. The van der Waals surface area contributed by atoms with E-state index in [-0.39, 0.29) is 11.8 Å². The van der Waals surface area contributed by atoms with Crippen molar-refractivity contribution in [3.63, 3.8) is 0 Å². The first-order chi connectivity index (χ1) is 7.99. The number of nitrogens with two attached hydrogens (primary N) is 1. The van der Waals surface area contributed by atoms with Crippen LogP contribution in [0.1, 0.15) is 19.4 Å². The second kappa shape index (κ2) is 5.46. The summed E-state index contributed by atoms with van der Waals surface area (Å²) in [5.41, 5.74) is 6.88. The number of nitriles is 1. The molecule has 0 saturated carbocycles. The molecule has 0 radical (unpaired) electrons. The fraction of sp³-hybridized carbons (Fsp3) is 0.385. The second-order valence-corrected chi connectivity index (χ2v) is 4.30. The molecule has 4 nitrogen and oxygen atoms in total. The van der Waals surface area contributed by atoms with Crippen molar-refractivity contribution < 1.29 is 4.79 Å². The van der Waals surface area contributed by atoms with Crippen LogP contribution < -0.4 is 10.6 Å². The minimum atomic E-state index is -0.549. The molecule has 0 aliphatic heterocycles. The van der Waals surface area contributed by atoms with Gasteiger partial charge in [-0.05, 0) is 18.1 Å². The van der Waals surface area contributed by atoms with Gasteiger partial charge in [-0.25, -0.2) is 0 Å². The molecular formula is C13H17N3O. The van der Waals surface area contributed by atoms with Gasteiger partial charge >= 0.3 is 0 Å². The van der Waals surface area contributed by atoms with E-state index in [4.69, 9.17) is 11.0 Å². The third kappa shape index (κ3) is 2.83. The molecule has 4 heteroatoms. The lowest BCUT2D eigenvalue weighted by Gasteiger charge is -2.24. The fourth-order valence-corrected chi connectivity index (χ4v) is 1.49. The van der Waals surface area contributed by atoms with Crippen molar-refractivity contribution in [3.8, 4) is 6.07 Å². The maximum atomic E-state index is 12.0. The molecule has 0 aliphatic rings. The third-order valence-corrected chi connectivity index (χ3v) is 2.72. The van der Waals surface area contributed by atoms with Crippen molar-refractivity contribution >= 4 is 11.6 Å².